The summed E-state index contributed by atoms with van der Waals surface area (Å²) in [5.41, 5.74) is 0.340. The predicted octanol–water partition coefficient (Wildman–Crippen LogP) is 8.67. The van der Waals surface area contributed by atoms with Gasteiger partial charge in [0.15, 0.2) is 23.2 Å². The number of allylic oxidation sites excluding steroid dienone is 1. The maximum Gasteiger partial charge on any atom is 0.201 e. The van der Waals surface area contributed by atoms with Crippen molar-refractivity contribution in [2.24, 2.45) is 5.92 Å². The molecule has 2 unspecified atom stereocenters. The summed E-state index contributed by atoms with van der Waals surface area (Å²) < 4.78 is 84.3. The molecule has 38 heavy (non-hydrogen) atoms. The molecule has 1 heterocycles. The Morgan fingerprint density at radius 2 is 1.55 bits per heavy atom. The van der Waals surface area contributed by atoms with Crippen molar-refractivity contribution in [2.45, 2.75) is 51.6 Å². The second-order valence-electron chi connectivity index (χ2n) is 9.55. The minimum Gasteiger partial charge on any atom is -0.491 e. The largest absolute Gasteiger partial charge is 0.491 e. The zero-order valence-electron chi connectivity index (χ0n) is 21.3. The quantitative estimate of drug-likeness (QED) is 0.193. The van der Waals surface area contributed by atoms with E-state index in [1.165, 1.54) is 24.3 Å². The van der Waals surface area contributed by atoms with E-state index in [0.29, 0.717) is 18.1 Å². The third-order valence-electron chi connectivity index (χ3n) is 7.06. The average molecular weight is 531 g/mol. The number of ether oxygens (including phenoxy) is 2. The molecule has 2 atom stereocenters. The molecule has 0 N–H and O–H groups in total. The van der Waals surface area contributed by atoms with Gasteiger partial charge in [-0.15, -0.1) is 6.58 Å². The second kappa shape index (κ2) is 12.6. The van der Waals surface area contributed by atoms with E-state index < -0.39 is 40.2 Å². The number of aryl methyl sites for hydroxylation is 2. The SMILES string of the molecule is C=CCCC1CCC(c2ccc(CCc3ccc(-c4ccc(OCC)c(F)c4F)c(F)c3F)c(F)c2)OC1. The van der Waals surface area contributed by atoms with Gasteiger partial charge in [0.2, 0.25) is 5.82 Å². The van der Waals surface area contributed by atoms with Crippen LogP contribution in [-0.2, 0) is 17.6 Å². The highest BCUT2D eigenvalue weighted by Gasteiger charge is 2.24. The van der Waals surface area contributed by atoms with Gasteiger partial charge in [-0.2, -0.15) is 4.39 Å². The molecule has 1 aliphatic rings. The van der Waals surface area contributed by atoms with Crippen LogP contribution in [0.25, 0.3) is 11.1 Å². The smallest absolute Gasteiger partial charge is 0.201 e. The summed E-state index contributed by atoms with van der Waals surface area (Å²) in [5, 5.41) is 0. The van der Waals surface area contributed by atoms with Crippen molar-refractivity contribution in [3.8, 4) is 16.9 Å². The van der Waals surface area contributed by atoms with Crippen LogP contribution in [0, 0.1) is 35.0 Å². The number of halogens is 5. The lowest BCUT2D eigenvalue weighted by Gasteiger charge is -2.29. The first-order valence-corrected chi connectivity index (χ1v) is 12.9. The first-order chi connectivity index (χ1) is 18.3. The Morgan fingerprint density at radius 1 is 0.868 bits per heavy atom. The van der Waals surface area contributed by atoms with Crippen molar-refractivity contribution in [3.05, 3.63) is 101 Å². The Hall–Kier alpha value is -3.19. The van der Waals surface area contributed by atoms with Crippen LogP contribution < -0.4 is 4.74 Å². The highest BCUT2D eigenvalue weighted by molar-refractivity contribution is 5.66. The number of hydrogen-bond acceptors (Lipinski definition) is 2. The molecule has 202 valence electrons. The summed E-state index contributed by atoms with van der Waals surface area (Å²) in [6.07, 6.45) is 5.72. The van der Waals surface area contributed by atoms with Gasteiger partial charge in [-0.1, -0.05) is 30.3 Å². The van der Waals surface area contributed by atoms with Crippen LogP contribution in [-0.4, -0.2) is 13.2 Å². The van der Waals surface area contributed by atoms with Crippen molar-refractivity contribution in [2.75, 3.05) is 13.2 Å². The predicted molar refractivity (Wildman–Crippen MR) is 138 cm³/mol. The van der Waals surface area contributed by atoms with E-state index in [1.807, 2.05) is 12.1 Å². The molecule has 0 bridgehead atoms. The lowest BCUT2D eigenvalue weighted by Crippen LogP contribution is -2.20. The van der Waals surface area contributed by atoms with Crippen LogP contribution >= 0.6 is 0 Å². The molecule has 4 rings (SSSR count). The Bertz CT molecular complexity index is 1280. The third kappa shape index (κ3) is 6.09. The van der Waals surface area contributed by atoms with E-state index in [-0.39, 0.29) is 36.9 Å². The molecule has 0 aromatic heterocycles. The molecular weight excluding hydrogens is 499 g/mol. The van der Waals surface area contributed by atoms with Crippen LogP contribution in [0.4, 0.5) is 22.0 Å². The molecule has 1 fully saturated rings. The summed E-state index contributed by atoms with van der Waals surface area (Å²) >= 11 is 0. The molecule has 2 nitrogen and oxygen atoms in total. The summed E-state index contributed by atoms with van der Waals surface area (Å²) in [6.45, 7) is 6.13. The highest BCUT2D eigenvalue weighted by atomic mass is 19.2. The first-order valence-electron chi connectivity index (χ1n) is 12.9. The fraction of sp³-hybridized carbons (Fsp3) is 0.355. The lowest BCUT2D eigenvalue weighted by molar-refractivity contribution is -0.0192. The second-order valence-corrected chi connectivity index (χ2v) is 9.55. The minimum atomic E-state index is -1.32. The van der Waals surface area contributed by atoms with E-state index in [1.54, 1.807) is 13.0 Å². The molecule has 0 saturated carbocycles. The van der Waals surface area contributed by atoms with Gasteiger partial charge in [0.1, 0.15) is 5.82 Å². The maximum absolute atomic E-state index is 14.9. The molecule has 3 aromatic rings. The van der Waals surface area contributed by atoms with E-state index in [0.717, 1.165) is 37.3 Å². The number of hydrogen-bond donors (Lipinski definition) is 0. The first kappa shape index (κ1) is 27.8. The Labute approximate surface area is 220 Å². The van der Waals surface area contributed by atoms with Crippen LogP contribution in [0.3, 0.4) is 0 Å². The molecule has 1 saturated heterocycles. The van der Waals surface area contributed by atoms with Crippen molar-refractivity contribution in [1.29, 1.82) is 0 Å². The van der Waals surface area contributed by atoms with Gasteiger partial charge in [-0.3, -0.25) is 0 Å². The lowest BCUT2D eigenvalue weighted by atomic mass is 9.91. The van der Waals surface area contributed by atoms with Crippen molar-refractivity contribution in [3.63, 3.8) is 0 Å². The van der Waals surface area contributed by atoms with Gasteiger partial charge in [0, 0.05) is 11.1 Å². The molecule has 7 heteroatoms. The van der Waals surface area contributed by atoms with E-state index >= 15 is 0 Å². The van der Waals surface area contributed by atoms with Gasteiger partial charge in [0.25, 0.3) is 0 Å². The minimum absolute atomic E-state index is 0.0164. The molecule has 3 aromatic carbocycles. The molecule has 1 aliphatic heterocycles. The van der Waals surface area contributed by atoms with Crippen LogP contribution in [0.2, 0.25) is 0 Å². The summed E-state index contributed by atoms with van der Waals surface area (Å²) in [5.74, 6) is -5.29. The van der Waals surface area contributed by atoms with Gasteiger partial charge in [-0.25, -0.2) is 17.6 Å². The fourth-order valence-corrected chi connectivity index (χ4v) is 4.88. The molecular formula is C31H31F5O2. The Kier molecular flexibility index (Phi) is 9.21. The Morgan fingerprint density at radius 3 is 2.21 bits per heavy atom. The average Bonchev–Trinajstić information content (AvgIpc) is 2.92. The van der Waals surface area contributed by atoms with Crippen LogP contribution in [0.15, 0.2) is 55.1 Å². The maximum atomic E-state index is 14.9. The molecule has 0 spiro atoms. The van der Waals surface area contributed by atoms with Gasteiger partial charge < -0.3 is 9.47 Å². The third-order valence-corrected chi connectivity index (χ3v) is 7.06. The summed E-state index contributed by atoms with van der Waals surface area (Å²) in [4.78, 5) is 0. The van der Waals surface area contributed by atoms with Crippen LogP contribution in [0.1, 0.15) is 55.4 Å². The van der Waals surface area contributed by atoms with Crippen LogP contribution in [0.5, 0.6) is 5.75 Å². The monoisotopic (exact) mass is 530 g/mol. The van der Waals surface area contributed by atoms with Crippen molar-refractivity contribution < 1.29 is 31.4 Å². The standard InChI is InChI=1S/C31H31F5O2/c1-3-5-6-19-7-15-26(38-18-19)22-11-9-20(25(32)17-22)8-10-21-12-13-23(29(34)28(21)33)24-14-16-27(37-4-2)31(36)30(24)35/h3,9,11-14,16-17,19,26H,1,4-8,10,15,18H2,2H3. The van der Waals surface area contributed by atoms with Gasteiger partial charge in [-0.05, 0) is 86.3 Å². The van der Waals surface area contributed by atoms with Gasteiger partial charge in [0.05, 0.1) is 19.3 Å². The van der Waals surface area contributed by atoms with E-state index in [4.69, 9.17) is 9.47 Å². The van der Waals surface area contributed by atoms with E-state index in [9.17, 15) is 22.0 Å². The number of rotatable bonds is 10. The summed E-state index contributed by atoms with van der Waals surface area (Å²) in [6, 6.07) is 9.76. The van der Waals surface area contributed by atoms with E-state index in [2.05, 4.69) is 6.58 Å². The molecule has 0 amide bonds. The topological polar surface area (TPSA) is 18.5 Å². The zero-order valence-corrected chi connectivity index (χ0v) is 21.3. The normalized spacial score (nSPS) is 17.4. The summed E-state index contributed by atoms with van der Waals surface area (Å²) in [7, 11) is 0. The Balaban J connectivity index is 1.43. The molecule has 0 radical (unpaired) electrons. The van der Waals surface area contributed by atoms with Crippen molar-refractivity contribution in [1.82, 2.24) is 0 Å². The van der Waals surface area contributed by atoms with Gasteiger partial charge >= 0.3 is 0 Å². The number of benzene rings is 3. The zero-order chi connectivity index (χ0) is 27.2. The highest BCUT2D eigenvalue weighted by Crippen LogP contribution is 2.35. The molecule has 0 aliphatic carbocycles. The fourth-order valence-electron chi connectivity index (χ4n) is 4.88. The van der Waals surface area contributed by atoms with Crippen molar-refractivity contribution >= 4 is 0 Å².